The Morgan fingerprint density at radius 3 is 2.59 bits per heavy atom. The molecule has 0 aliphatic heterocycles. The Bertz CT molecular complexity index is 594. The van der Waals surface area contributed by atoms with Crippen LogP contribution in [0.5, 0.6) is 0 Å². The van der Waals surface area contributed by atoms with Gasteiger partial charge < -0.3 is 16.0 Å². The number of halogens is 1. The molecule has 2 amide bonds. The van der Waals surface area contributed by atoms with Crippen molar-refractivity contribution in [1.82, 2.24) is 10.2 Å². The van der Waals surface area contributed by atoms with Gasteiger partial charge in [-0.25, -0.2) is 0 Å². The second kappa shape index (κ2) is 13.0. The van der Waals surface area contributed by atoms with Gasteiger partial charge in [0.1, 0.15) is 0 Å². The Balaban J connectivity index is 0.00000364. The Hall–Kier alpha value is -1.24. The molecule has 2 rings (SSSR count). The largest absolute Gasteiger partial charge is 0.352 e. The van der Waals surface area contributed by atoms with Crippen LogP contribution < -0.4 is 11.1 Å². The van der Waals surface area contributed by atoms with Crippen LogP contribution in [0.2, 0.25) is 0 Å². The summed E-state index contributed by atoms with van der Waals surface area (Å²) < 4.78 is 0. The van der Waals surface area contributed by atoms with Gasteiger partial charge in [0.25, 0.3) is 5.91 Å². The molecule has 1 fully saturated rings. The van der Waals surface area contributed by atoms with Crippen LogP contribution >= 0.6 is 24.2 Å². The smallest absolute Gasteiger partial charge is 0.252 e. The molecule has 1 aliphatic rings. The van der Waals surface area contributed by atoms with Crippen LogP contribution in [0, 0.1) is 0 Å². The van der Waals surface area contributed by atoms with E-state index in [1.807, 2.05) is 36.2 Å². The lowest BCUT2D eigenvalue weighted by molar-refractivity contribution is -0.129. The number of hydrogen-bond acceptors (Lipinski definition) is 4. The number of nitrogens with zero attached hydrogens (tertiary/aromatic N) is 1. The number of hydrogen-bond donors (Lipinski definition) is 2. The standard InChI is InChI=1S/C20H31N3O2S.ClH/c1-23(16-9-3-2-4-10-16)19(24)15-26-18-12-6-5-11-17(18)20(25)22-14-8-7-13-21;/h5-6,11-12,16H,2-4,7-10,13-15,21H2,1H3,(H,22,25);1H. The van der Waals surface area contributed by atoms with Crippen LogP contribution in [-0.2, 0) is 4.79 Å². The first-order chi connectivity index (χ1) is 12.6. The molecule has 1 aromatic rings. The highest BCUT2D eigenvalue weighted by Gasteiger charge is 2.22. The number of amides is 2. The minimum Gasteiger partial charge on any atom is -0.352 e. The fourth-order valence-electron chi connectivity index (χ4n) is 3.26. The average Bonchev–Trinajstić information content (AvgIpc) is 2.69. The predicted molar refractivity (Wildman–Crippen MR) is 115 cm³/mol. The van der Waals surface area contributed by atoms with Gasteiger partial charge in [0.05, 0.1) is 11.3 Å². The van der Waals surface area contributed by atoms with E-state index in [0.29, 0.717) is 30.4 Å². The van der Waals surface area contributed by atoms with Crippen LogP contribution in [0.1, 0.15) is 55.3 Å². The molecular weight excluding hydrogens is 382 g/mol. The third kappa shape index (κ3) is 7.72. The van der Waals surface area contributed by atoms with E-state index in [2.05, 4.69) is 5.32 Å². The summed E-state index contributed by atoms with van der Waals surface area (Å²) in [5, 5.41) is 2.93. The normalized spacial score (nSPS) is 14.3. The zero-order valence-corrected chi connectivity index (χ0v) is 17.7. The van der Waals surface area contributed by atoms with E-state index < -0.39 is 0 Å². The second-order valence-corrected chi connectivity index (χ2v) is 7.85. The summed E-state index contributed by atoms with van der Waals surface area (Å²) in [7, 11) is 1.91. The lowest BCUT2D eigenvalue weighted by atomic mass is 9.94. The highest BCUT2D eigenvalue weighted by molar-refractivity contribution is 8.00. The molecule has 5 nitrogen and oxygen atoms in total. The van der Waals surface area contributed by atoms with Gasteiger partial charge in [-0.3, -0.25) is 9.59 Å². The fourth-order valence-corrected chi connectivity index (χ4v) is 4.23. The number of nitrogens with two attached hydrogens (primary N) is 1. The first kappa shape index (κ1) is 23.8. The van der Waals surface area contributed by atoms with E-state index in [1.54, 1.807) is 0 Å². The van der Waals surface area contributed by atoms with Crippen molar-refractivity contribution < 1.29 is 9.59 Å². The van der Waals surface area contributed by atoms with Crippen LogP contribution in [0.25, 0.3) is 0 Å². The van der Waals surface area contributed by atoms with E-state index >= 15 is 0 Å². The lowest BCUT2D eigenvalue weighted by Crippen LogP contribution is -2.39. The molecule has 0 saturated heterocycles. The lowest BCUT2D eigenvalue weighted by Gasteiger charge is -2.31. The molecular formula is C20H32ClN3O2S. The third-order valence-electron chi connectivity index (χ3n) is 4.92. The quantitative estimate of drug-likeness (QED) is 0.480. The molecule has 0 heterocycles. The van der Waals surface area contributed by atoms with Gasteiger partial charge in [0.2, 0.25) is 5.91 Å². The molecule has 0 aromatic heterocycles. The molecule has 0 bridgehead atoms. The molecule has 7 heteroatoms. The first-order valence-electron chi connectivity index (χ1n) is 9.59. The minimum absolute atomic E-state index is 0. The number of thioether (sulfide) groups is 1. The Morgan fingerprint density at radius 1 is 1.19 bits per heavy atom. The second-order valence-electron chi connectivity index (χ2n) is 6.83. The molecule has 152 valence electrons. The third-order valence-corrected chi connectivity index (χ3v) is 5.97. The number of benzene rings is 1. The molecule has 0 spiro atoms. The topological polar surface area (TPSA) is 75.4 Å². The maximum absolute atomic E-state index is 12.5. The number of carbonyl (C=O) groups excluding carboxylic acids is 2. The summed E-state index contributed by atoms with van der Waals surface area (Å²) in [6.07, 6.45) is 7.69. The number of nitrogens with one attached hydrogen (secondary N) is 1. The van der Waals surface area contributed by atoms with Crippen LogP contribution in [0.15, 0.2) is 29.2 Å². The zero-order valence-electron chi connectivity index (χ0n) is 16.1. The van der Waals surface area contributed by atoms with Crippen LogP contribution in [-0.4, -0.2) is 48.6 Å². The van der Waals surface area contributed by atoms with Gasteiger partial charge in [-0.1, -0.05) is 31.4 Å². The first-order valence-corrected chi connectivity index (χ1v) is 10.6. The summed E-state index contributed by atoms with van der Waals surface area (Å²) >= 11 is 1.45. The van der Waals surface area contributed by atoms with Crippen molar-refractivity contribution in [3.63, 3.8) is 0 Å². The van der Waals surface area contributed by atoms with Crippen molar-refractivity contribution in [3.8, 4) is 0 Å². The van der Waals surface area contributed by atoms with E-state index in [-0.39, 0.29) is 24.2 Å². The highest BCUT2D eigenvalue weighted by atomic mass is 35.5. The Morgan fingerprint density at radius 2 is 1.89 bits per heavy atom. The maximum Gasteiger partial charge on any atom is 0.252 e. The van der Waals surface area contributed by atoms with E-state index in [0.717, 1.165) is 30.6 Å². The van der Waals surface area contributed by atoms with Crippen LogP contribution in [0.3, 0.4) is 0 Å². The minimum atomic E-state index is -0.0850. The van der Waals surface area contributed by atoms with Gasteiger partial charge in [-0.2, -0.15) is 0 Å². The summed E-state index contributed by atoms with van der Waals surface area (Å²) in [5.74, 6) is 0.419. The monoisotopic (exact) mass is 413 g/mol. The Labute approximate surface area is 173 Å². The molecule has 0 atom stereocenters. The van der Waals surface area contributed by atoms with Crippen molar-refractivity contribution in [2.24, 2.45) is 5.73 Å². The number of carbonyl (C=O) groups is 2. The summed E-state index contributed by atoms with van der Waals surface area (Å²) in [6, 6.07) is 7.86. The van der Waals surface area contributed by atoms with Crippen molar-refractivity contribution in [2.45, 2.75) is 55.9 Å². The number of rotatable bonds is 9. The van der Waals surface area contributed by atoms with Crippen molar-refractivity contribution in [1.29, 1.82) is 0 Å². The highest BCUT2D eigenvalue weighted by Crippen LogP contribution is 2.25. The van der Waals surface area contributed by atoms with Gasteiger partial charge >= 0.3 is 0 Å². The molecule has 1 saturated carbocycles. The molecule has 0 radical (unpaired) electrons. The van der Waals surface area contributed by atoms with Gasteiger partial charge in [-0.05, 0) is 44.4 Å². The number of unbranched alkanes of at least 4 members (excludes halogenated alkanes) is 1. The van der Waals surface area contributed by atoms with E-state index in [4.69, 9.17) is 5.73 Å². The average molecular weight is 414 g/mol. The maximum atomic E-state index is 12.5. The zero-order chi connectivity index (χ0) is 18.8. The molecule has 1 aromatic carbocycles. The van der Waals surface area contributed by atoms with Crippen molar-refractivity contribution in [3.05, 3.63) is 29.8 Å². The molecule has 0 unspecified atom stereocenters. The van der Waals surface area contributed by atoms with Crippen molar-refractivity contribution in [2.75, 3.05) is 25.9 Å². The molecule has 27 heavy (non-hydrogen) atoms. The van der Waals surface area contributed by atoms with Gasteiger partial charge in [-0.15, -0.1) is 24.2 Å². The van der Waals surface area contributed by atoms with Crippen molar-refractivity contribution >= 4 is 36.0 Å². The van der Waals surface area contributed by atoms with E-state index in [1.165, 1.54) is 31.0 Å². The van der Waals surface area contributed by atoms with Crippen LogP contribution in [0.4, 0.5) is 0 Å². The predicted octanol–water partition coefficient (Wildman–Crippen LogP) is 3.46. The summed E-state index contributed by atoms with van der Waals surface area (Å²) in [4.78, 5) is 27.7. The Kier molecular flexibility index (Phi) is 11.5. The van der Waals surface area contributed by atoms with Gasteiger partial charge in [0.15, 0.2) is 0 Å². The SMILES string of the molecule is CN(C(=O)CSc1ccccc1C(=O)NCCCCN)C1CCCCC1.Cl. The molecule has 1 aliphatic carbocycles. The molecule has 3 N–H and O–H groups in total. The summed E-state index contributed by atoms with van der Waals surface area (Å²) in [5.41, 5.74) is 6.11. The van der Waals surface area contributed by atoms with E-state index in [9.17, 15) is 9.59 Å². The summed E-state index contributed by atoms with van der Waals surface area (Å²) in [6.45, 7) is 1.26. The fraction of sp³-hybridized carbons (Fsp3) is 0.600. The van der Waals surface area contributed by atoms with Gasteiger partial charge in [0, 0.05) is 24.5 Å².